The zero-order valence-corrected chi connectivity index (χ0v) is 12.6. The van der Waals surface area contributed by atoms with Crippen LogP contribution >= 0.6 is 24.8 Å². The third-order valence-electron chi connectivity index (χ3n) is 3.46. The first-order chi connectivity index (χ1) is 8.33. The standard InChI is InChI=1S/C13H18N4.2ClH/c1-17-13-3-2-12(8-10(13)9-15-17)16-11-4-6-14-7-5-11;;/h2-3,8-9,11,14,16H,4-7H2,1H3;2*1H. The highest BCUT2D eigenvalue weighted by Gasteiger charge is 2.12. The molecule has 0 amide bonds. The highest BCUT2D eigenvalue weighted by molar-refractivity contribution is 5.85. The van der Waals surface area contributed by atoms with E-state index in [4.69, 9.17) is 0 Å². The monoisotopic (exact) mass is 302 g/mol. The Hall–Kier alpha value is -0.970. The van der Waals surface area contributed by atoms with Crippen LogP contribution in [0.15, 0.2) is 24.4 Å². The molecule has 0 saturated carbocycles. The molecular formula is C13H20Cl2N4. The minimum absolute atomic E-state index is 0. The first-order valence-corrected chi connectivity index (χ1v) is 6.22. The van der Waals surface area contributed by atoms with E-state index in [1.165, 1.54) is 29.4 Å². The summed E-state index contributed by atoms with van der Waals surface area (Å²) < 4.78 is 1.91. The van der Waals surface area contributed by atoms with Gasteiger partial charge in [-0.3, -0.25) is 4.68 Å². The second-order valence-corrected chi connectivity index (χ2v) is 4.71. The summed E-state index contributed by atoms with van der Waals surface area (Å²) in [4.78, 5) is 0. The van der Waals surface area contributed by atoms with Gasteiger partial charge in [-0.2, -0.15) is 5.10 Å². The lowest BCUT2D eigenvalue weighted by Gasteiger charge is -2.24. The Kier molecular flexibility index (Phi) is 5.91. The molecule has 0 unspecified atom stereocenters. The van der Waals surface area contributed by atoms with Crippen LogP contribution in [0.25, 0.3) is 10.9 Å². The van der Waals surface area contributed by atoms with Gasteiger partial charge in [0.2, 0.25) is 0 Å². The molecule has 19 heavy (non-hydrogen) atoms. The van der Waals surface area contributed by atoms with Gasteiger partial charge in [0, 0.05) is 24.2 Å². The average Bonchev–Trinajstić information content (AvgIpc) is 2.72. The van der Waals surface area contributed by atoms with Crippen LogP contribution in [0.2, 0.25) is 0 Å². The second-order valence-electron chi connectivity index (χ2n) is 4.71. The minimum Gasteiger partial charge on any atom is -0.382 e. The Morgan fingerprint density at radius 1 is 1.26 bits per heavy atom. The van der Waals surface area contributed by atoms with Gasteiger partial charge in [0.1, 0.15) is 0 Å². The molecule has 0 bridgehead atoms. The molecule has 2 aromatic rings. The Morgan fingerprint density at radius 2 is 2.00 bits per heavy atom. The Balaban J connectivity index is 0.000000902. The highest BCUT2D eigenvalue weighted by Crippen LogP contribution is 2.20. The fourth-order valence-corrected chi connectivity index (χ4v) is 2.46. The summed E-state index contributed by atoms with van der Waals surface area (Å²) in [7, 11) is 1.97. The predicted octanol–water partition coefficient (Wildman–Crippen LogP) is 2.58. The lowest BCUT2D eigenvalue weighted by molar-refractivity contribution is 0.479. The molecule has 2 N–H and O–H groups in total. The molecule has 0 spiro atoms. The van der Waals surface area contributed by atoms with Crippen molar-refractivity contribution in [2.75, 3.05) is 18.4 Å². The summed E-state index contributed by atoms with van der Waals surface area (Å²) in [6.45, 7) is 2.24. The van der Waals surface area contributed by atoms with Gasteiger partial charge in [0.15, 0.2) is 0 Å². The van der Waals surface area contributed by atoms with Crippen molar-refractivity contribution in [1.29, 1.82) is 0 Å². The van der Waals surface area contributed by atoms with E-state index >= 15 is 0 Å². The highest BCUT2D eigenvalue weighted by atomic mass is 35.5. The van der Waals surface area contributed by atoms with E-state index in [2.05, 4.69) is 33.9 Å². The van der Waals surface area contributed by atoms with Crippen molar-refractivity contribution in [2.45, 2.75) is 18.9 Å². The van der Waals surface area contributed by atoms with E-state index in [-0.39, 0.29) is 24.8 Å². The number of rotatable bonds is 2. The van der Waals surface area contributed by atoms with Gasteiger partial charge < -0.3 is 10.6 Å². The van der Waals surface area contributed by atoms with Crippen molar-refractivity contribution in [1.82, 2.24) is 15.1 Å². The topological polar surface area (TPSA) is 41.9 Å². The molecule has 1 aliphatic heterocycles. The van der Waals surface area contributed by atoms with Crippen LogP contribution in [0, 0.1) is 0 Å². The van der Waals surface area contributed by atoms with Crippen LogP contribution in [-0.4, -0.2) is 28.9 Å². The summed E-state index contributed by atoms with van der Waals surface area (Å²) in [6, 6.07) is 7.06. The summed E-state index contributed by atoms with van der Waals surface area (Å²) in [6.07, 6.45) is 4.32. The number of piperidine rings is 1. The third kappa shape index (κ3) is 3.53. The zero-order chi connectivity index (χ0) is 11.7. The molecule has 1 aromatic carbocycles. The van der Waals surface area contributed by atoms with Crippen molar-refractivity contribution >= 4 is 41.4 Å². The Labute approximate surface area is 125 Å². The molecule has 4 nitrogen and oxygen atoms in total. The van der Waals surface area contributed by atoms with E-state index in [0.29, 0.717) is 6.04 Å². The SMILES string of the molecule is Cl.Cl.Cn1ncc2cc(NC3CCNCC3)ccc21. The number of nitrogens with one attached hydrogen (secondary N) is 2. The smallest absolute Gasteiger partial charge is 0.0680 e. The van der Waals surface area contributed by atoms with Gasteiger partial charge in [-0.15, -0.1) is 24.8 Å². The lowest BCUT2D eigenvalue weighted by atomic mass is 10.1. The molecule has 6 heteroatoms. The van der Waals surface area contributed by atoms with E-state index < -0.39 is 0 Å². The van der Waals surface area contributed by atoms with Crippen molar-refractivity contribution in [3.63, 3.8) is 0 Å². The summed E-state index contributed by atoms with van der Waals surface area (Å²) in [5.74, 6) is 0. The van der Waals surface area contributed by atoms with E-state index in [1.807, 2.05) is 17.9 Å². The first-order valence-electron chi connectivity index (χ1n) is 6.22. The molecule has 1 aromatic heterocycles. The maximum absolute atomic E-state index is 4.26. The van der Waals surface area contributed by atoms with Gasteiger partial charge in [-0.25, -0.2) is 0 Å². The van der Waals surface area contributed by atoms with Crippen LogP contribution in [0.4, 0.5) is 5.69 Å². The predicted molar refractivity (Wildman–Crippen MR) is 84.7 cm³/mol. The van der Waals surface area contributed by atoms with Crippen molar-refractivity contribution in [3.8, 4) is 0 Å². The molecule has 1 saturated heterocycles. The third-order valence-corrected chi connectivity index (χ3v) is 3.46. The quantitative estimate of drug-likeness (QED) is 0.896. The van der Waals surface area contributed by atoms with Gasteiger partial charge >= 0.3 is 0 Å². The maximum Gasteiger partial charge on any atom is 0.0680 e. The fraction of sp³-hybridized carbons (Fsp3) is 0.462. The van der Waals surface area contributed by atoms with Gasteiger partial charge in [0.05, 0.1) is 11.7 Å². The number of hydrogen-bond acceptors (Lipinski definition) is 3. The maximum atomic E-state index is 4.26. The molecule has 106 valence electrons. The van der Waals surface area contributed by atoms with Crippen LogP contribution in [0.3, 0.4) is 0 Å². The normalized spacial score (nSPS) is 15.6. The molecule has 3 rings (SSSR count). The van der Waals surface area contributed by atoms with Crippen molar-refractivity contribution < 1.29 is 0 Å². The number of aryl methyl sites for hydroxylation is 1. The van der Waals surface area contributed by atoms with Crippen molar-refractivity contribution in [3.05, 3.63) is 24.4 Å². The summed E-state index contributed by atoms with van der Waals surface area (Å²) >= 11 is 0. The van der Waals surface area contributed by atoms with E-state index in [0.717, 1.165) is 13.1 Å². The molecule has 1 aliphatic rings. The minimum atomic E-state index is 0. The average molecular weight is 303 g/mol. The van der Waals surface area contributed by atoms with Gasteiger partial charge in [-0.05, 0) is 44.1 Å². The van der Waals surface area contributed by atoms with Crippen molar-refractivity contribution in [2.24, 2.45) is 7.05 Å². The zero-order valence-electron chi connectivity index (χ0n) is 10.9. The van der Waals surface area contributed by atoms with Crippen LogP contribution in [0.5, 0.6) is 0 Å². The largest absolute Gasteiger partial charge is 0.382 e. The summed E-state index contributed by atoms with van der Waals surface area (Å²) in [5.41, 5.74) is 2.39. The number of aromatic nitrogens is 2. The van der Waals surface area contributed by atoms with E-state index in [1.54, 1.807) is 0 Å². The number of halogens is 2. The summed E-state index contributed by atoms with van der Waals surface area (Å²) in [5, 5.41) is 12.4. The Morgan fingerprint density at radius 3 is 2.74 bits per heavy atom. The number of fused-ring (bicyclic) bond motifs is 1. The van der Waals surface area contributed by atoms with E-state index in [9.17, 15) is 0 Å². The van der Waals surface area contributed by atoms with Crippen LogP contribution < -0.4 is 10.6 Å². The Bertz CT molecular complexity index is 520. The van der Waals surface area contributed by atoms with Gasteiger partial charge in [0.25, 0.3) is 0 Å². The molecule has 0 atom stereocenters. The molecule has 0 radical (unpaired) electrons. The lowest BCUT2D eigenvalue weighted by Crippen LogP contribution is -2.35. The number of hydrogen-bond donors (Lipinski definition) is 2. The molecule has 1 fully saturated rings. The van der Waals surface area contributed by atoms with Crippen LogP contribution in [-0.2, 0) is 7.05 Å². The molecule has 2 heterocycles. The molecule has 0 aliphatic carbocycles. The number of benzene rings is 1. The van der Waals surface area contributed by atoms with Crippen LogP contribution in [0.1, 0.15) is 12.8 Å². The number of anilines is 1. The van der Waals surface area contributed by atoms with Gasteiger partial charge in [-0.1, -0.05) is 0 Å². The fourth-order valence-electron chi connectivity index (χ4n) is 2.46. The molecular weight excluding hydrogens is 283 g/mol. The second kappa shape index (κ2) is 6.98. The number of nitrogens with zero attached hydrogens (tertiary/aromatic N) is 2. The first kappa shape index (κ1) is 16.1.